The van der Waals surface area contributed by atoms with Crippen molar-refractivity contribution >= 4 is 16.7 Å². The van der Waals surface area contributed by atoms with Gasteiger partial charge in [-0.25, -0.2) is 4.98 Å². The summed E-state index contributed by atoms with van der Waals surface area (Å²) in [6.07, 6.45) is 7.11. The van der Waals surface area contributed by atoms with Crippen molar-refractivity contribution in [2.75, 3.05) is 19.5 Å². The summed E-state index contributed by atoms with van der Waals surface area (Å²) in [5, 5.41) is 3.90. The third-order valence-corrected chi connectivity index (χ3v) is 4.08. The number of aromatic nitrogens is 2. The van der Waals surface area contributed by atoms with E-state index in [1.165, 1.54) is 37.2 Å². The van der Waals surface area contributed by atoms with Gasteiger partial charge in [0.15, 0.2) is 5.82 Å². The first-order valence-electron chi connectivity index (χ1n) is 5.88. The van der Waals surface area contributed by atoms with Crippen LogP contribution in [0, 0.1) is 0 Å². The molecule has 0 amide bonds. The average molecular weight is 241 g/mol. The van der Waals surface area contributed by atoms with E-state index in [2.05, 4.69) is 14.7 Å². The lowest BCUT2D eigenvalue weighted by atomic mass is 9.93. The predicted molar refractivity (Wildman–Crippen MR) is 65.8 cm³/mol. The molecule has 0 aromatic carbocycles. The summed E-state index contributed by atoms with van der Waals surface area (Å²) in [5.74, 6) is 0.867. The zero-order valence-corrected chi connectivity index (χ0v) is 10.8. The molecule has 0 radical (unpaired) electrons. The first-order chi connectivity index (χ1) is 7.80. The Morgan fingerprint density at radius 1 is 1.25 bits per heavy atom. The zero-order valence-electron chi connectivity index (χ0n) is 9.95. The molecule has 2 rings (SSSR count). The lowest BCUT2D eigenvalue weighted by Crippen LogP contribution is -2.29. The van der Waals surface area contributed by atoms with Crippen LogP contribution in [0.25, 0.3) is 0 Å². The van der Waals surface area contributed by atoms with Crippen molar-refractivity contribution in [1.29, 1.82) is 0 Å². The van der Waals surface area contributed by atoms with Crippen LogP contribution in [0.2, 0.25) is 0 Å². The highest BCUT2D eigenvalue weighted by Crippen LogP contribution is 2.38. The van der Waals surface area contributed by atoms with Crippen LogP contribution in [0.3, 0.4) is 0 Å². The molecule has 1 N–H and O–H groups in total. The Bertz CT molecular complexity index is 332. The van der Waals surface area contributed by atoms with Crippen LogP contribution in [0.5, 0.6) is 0 Å². The summed E-state index contributed by atoms with van der Waals surface area (Å²) in [6, 6.07) is 0. The van der Waals surface area contributed by atoms with Gasteiger partial charge in [-0.2, -0.15) is 4.37 Å². The number of nitrogens with one attached hydrogen (secondary N) is 1. The predicted octanol–water partition coefficient (Wildman–Crippen LogP) is 2.78. The fourth-order valence-electron chi connectivity index (χ4n) is 2.33. The Hall–Kier alpha value is -0.680. The van der Waals surface area contributed by atoms with E-state index in [9.17, 15) is 0 Å². The summed E-state index contributed by atoms with van der Waals surface area (Å²) < 4.78 is 10.2. The van der Waals surface area contributed by atoms with E-state index in [4.69, 9.17) is 4.74 Å². The van der Waals surface area contributed by atoms with E-state index in [1.807, 2.05) is 7.05 Å². The maximum absolute atomic E-state index is 5.76. The summed E-state index contributed by atoms with van der Waals surface area (Å²) in [4.78, 5) is 4.51. The highest BCUT2D eigenvalue weighted by Gasteiger charge is 2.36. The topological polar surface area (TPSA) is 47.0 Å². The standard InChI is InChI=1S/C11H19N3OS/c1-12-10-13-9(14-16-10)11(15-2)7-5-3-4-6-8-11/h3-8H2,1-2H3,(H,12,13,14). The van der Waals surface area contributed by atoms with Crippen LogP contribution in [0.15, 0.2) is 0 Å². The van der Waals surface area contributed by atoms with E-state index in [-0.39, 0.29) is 5.60 Å². The fraction of sp³-hybridized carbons (Fsp3) is 0.818. The van der Waals surface area contributed by atoms with E-state index < -0.39 is 0 Å². The van der Waals surface area contributed by atoms with Crippen molar-refractivity contribution in [3.8, 4) is 0 Å². The maximum Gasteiger partial charge on any atom is 0.202 e. The minimum absolute atomic E-state index is 0.234. The van der Waals surface area contributed by atoms with Crippen molar-refractivity contribution in [3.05, 3.63) is 5.82 Å². The summed E-state index contributed by atoms with van der Waals surface area (Å²) in [6.45, 7) is 0. The zero-order chi connectivity index (χ0) is 11.4. The molecule has 0 bridgehead atoms. The number of methoxy groups -OCH3 is 1. The molecule has 1 aromatic rings. The van der Waals surface area contributed by atoms with Crippen LogP contribution in [0.4, 0.5) is 5.13 Å². The monoisotopic (exact) mass is 241 g/mol. The molecule has 0 saturated heterocycles. The molecule has 1 fully saturated rings. The minimum atomic E-state index is -0.234. The third-order valence-electron chi connectivity index (χ3n) is 3.35. The SMILES string of the molecule is CNc1nc(C2(OC)CCCCCC2)ns1. The van der Waals surface area contributed by atoms with E-state index >= 15 is 0 Å². The lowest BCUT2D eigenvalue weighted by molar-refractivity contribution is -0.0341. The third kappa shape index (κ3) is 2.20. The number of ether oxygens (including phenoxy) is 1. The molecule has 5 heteroatoms. The van der Waals surface area contributed by atoms with Crippen LogP contribution >= 0.6 is 11.5 Å². The molecule has 1 heterocycles. The average Bonchev–Trinajstić information content (AvgIpc) is 2.68. The molecule has 1 saturated carbocycles. The molecule has 0 unspecified atom stereocenters. The van der Waals surface area contributed by atoms with Crippen molar-refractivity contribution in [2.45, 2.75) is 44.1 Å². The van der Waals surface area contributed by atoms with Gasteiger partial charge in [0, 0.05) is 25.7 Å². The van der Waals surface area contributed by atoms with Gasteiger partial charge in [-0.3, -0.25) is 0 Å². The second kappa shape index (κ2) is 5.10. The van der Waals surface area contributed by atoms with Crippen molar-refractivity contribution in [2.24, 2.45) is 0 Å². The number of hydrogen-bond acceptors (Lipinski definition) is 5. The van der Waals surface area contributed by atoms with E-state index in [0.717, 1.165) is 23.8 Å². The van der Waals surface area contributed by atoms with Gasteiger partial charge in [-0.05, 0) is 12.8 Å². The fourth-order valence-corrected chi connectivity index (χ4v) is 2.93. The van der Waals surface area contributed by atoms with Gasteiger partial charge in [0.1, 0.15) is 5.60 Å². The van der Waals surface area contributed by atoms with Crippen molar-refractivity contribution < 1.29 is 4.74 Å². The molecule has 90 valence electrons. The van der Waals surface area contributed by atoms with Gasteiger partial charge in [0.2, 0.25) is 5.13 Å². The molecular weight excluding hydrogens is 222 g/mol. The van der Waals surface area contributed by atoms with Gasteiger partial charge in [0.05, 0.1) is 0 Å². The number of nitrogens with zero attached hydrogens (tertiary/aromatic N) is 2. The Kier molecular flexibility index (Phi) is 3.76. The van der Waals surface area contributed by atoms with Gasteiger partial charge >= 0.3 is 0 Å². The molecular formula is C11H19N3OS. The smallest absolute Gasteiger partial charge is 0.202 e. The largest absolute Gasteiger partial charge is 0.370 e. The molecule has 0 spiro atoms. The highest BCUT2D eigenvalue weighted by atomic mass is 32.1. The van der Waals surface area contributed by atoms with Crippen LogP contribution in [-0.4, -0.2) is 23.5 Å². The Labute approximate surface area is 101 Å². The van der Waals surface area contributed by atoms with E-state index in [1.54, 1.807) is 7.11 Å². The molecule has 1 aliphatic carbocycles. The number of hydrogen-bond donors (Lipinski definition) is 1. The first-order valence-corrected chi connectivity index (χ1v) is 6.65. The molecule has 0 atom stereocenters. The van der Waals surface area contributed by atoms with Gasteiger partial charge < -0.3 is 10.1 Å². The molecule has 1 aromatic heterocycles. The molecule has 1 aliphatic rings. The van der Waals surface area contributed by atoms with Crippen molar-refractivity contribution in [3.63, 3.8) is 0 Å². The van der Waals surface area contributed by atoms with Gasteiger partial charge in [0.25, 0.3) is 0 Å². The minimum Gasteiger partial charge on any atom is -0.370 e. The van der Waals surface area contributed by atoms with Gasteiger partial charge in [-0.1, -0.05) is 25.7 Å². The second-order valence-corrected chi connectivity index (χ2v) is 5.04. The quantitative estimate of drug-likeness (QED) is 0.827. The Morgan fingerprint density at radius 3 is 2.44 bits per heavy atom. The second-order valence-electron chi connectivity index (χ2n) is 4.29. The molecule has 4 nitrogen and oxygen atoms in total. The first kappa shape index (κ1) is 11.8. The van der Waals surface area contributed by atoms with E-state index in [0.29, 0.717) is 0 Å². The Morgan fingerprint density at radius 2 is 1.94 bits per heavy atom. The summed E-state index contributed by atoms with van der Waals surface area (Å²) in [5.41, 5.74) is -0.234. The van der Waals surface area contributed by atoms with Crippen LogP contribution in [0.1, 0.15) is 44.3 Å². The number of rotatable bonds is 3. The molecule has 0 aliphatic heterocycles. The molecule has 16 heavy (non-hydrogen) atoms. The van der Waals surface area contributed by atoms with Gasteiger partial charge in [-0.15, -0.1) is 0 Å². The Balaban J connectivity index is 2.24. The highest BCUT2D eigenvalue weighted by molar-refractivity contribution is 7.09. The van der Waals surface area contributed by atoms with Crippen molar-refractivity contribution in [1.82, 2.24) is 9.36 Å². The lowest BCUT2D eigenvalue weighted by Gasteiger charge is -2.28. The van der Waals surface area contributed by atoms with Crippen LogP contribution in [-0.2, 0) is 10.3 Å². The number of anilines is 1. The van der Waals surface area contributed by atoms with Crippen LogP contribution < -0.4 is 5.32 Å². The summed E-state index contributed by atoms with van der Waals surface area (Å²) in [7, 11) is 3.66. The normalized spacial score (nSPS) is 20.4. The summed E-state index contributed by atoms with van der Waals surface area (Å²) >= 11 is 1.41. The maximum atomic E-state index is 5.76.